The van der Waals surface area contributed by atoms with Gasteiger partial charge in [-0.15, -0.1) is 0 Å². The lowest BCUT2D eigenvalue weighted by Crippen LogP contribution is -1.98. The molecule has 0 saturated heterocycles. The number of fused-ring (bicyclic) bond motifs is 3. The van der Waals surface area contributed by atoms with E-state index in [0.717, 1.165) is 19.2 Å². The van der Waals surface area contributed by atoms with Crippen LogP contribution in [0.15, 0.2) is 42.5 Å². The number of hydrogen-bond donors (Lipinski definition) is 0. The largest absolute Gasteiger partial charge is 0.351 e. The van der Waals surface area contributed by atoms with Crippen LogP contribution in [-0.4, -0.2) is 5.54 Å². The summed E-state index contributed by atoms with van der Waals surface area (Å²) in [4.78, 5) is 0. The average Bonchev–Trinajstić information content (AvgIpc) is 2.75. The van der Waals surface area contributed by atoms with Crippen molar-refractivity contribution in [1.29, 1.82) is 0 Å². The van der Waals surface area contributed by atoms with E-state index in [1.807, 2.05) is 0 Å². The maximum Gasteiger partial charge on any atom is 0.351 e. The second-order valence-electron chi connectivity index (χ2n) is 4.71. The molecule has 1 aliphatic carbocycles. The molecule has 0 saturated carbocycles. The highest BCUT2D eigenvalue weighted by molar-refractivity contribution is 7.33. The van der Waals surface area contributed by atoms with E-state index in [9.17, 15) is 0 Å². The number of hydrogen-bond acceptors (Lipinski definition) is 0. The topological polar surface area (TPSA) is 0 Å². The van der Waals surface area contributed by atoms with Gasteiger partial charge in [-0.05, 0) is 47.0 Å². The molecule has 0 radical (unpaired) electrons. The van der Waals surface area contributed by atoms with Gasteiger partial charge in [-0.3, -0.25) is 0 Å². The van der Waals surface area contributed by atoms with Crippen molar-refractivity contribution in [3.05, 3.63) is 59.2 Å². The van der Waals surface area contributed by atoms with Gasteiger partial charge in [0.15, 0.2) is 0 Å². The Morgan fingerprint density at radius 3 is 2.56 bits per heavy atom. The molecule has 18 heavy (non-hydrogen) atoms. The predicted molar refractivity (Wildman–Crippen MR) is 80.7 cm³/mol. The van der Waals surface area contributed by atoms with Crippen molar-refractivity contribution in [3.63, 3.8) is 0 Å². The average molecular weight is 275 g/mol. The van der Waals surface area contributed by atoms with Crippen LogP contribution in [0, 0.1) is 0 Å². The Balaban J connectivity index is 1.98. The molecule has 0 atom stereocenters. The van der Waals surface area contributed by atoms with Crippen LogP contribution in [0.25, 0.3) is 11.1 Å². The Morgan fingerprint density at radius 1 is 0.944 bits per heavy atom. The Hall–Kier alpha value is -0.915. The van der Waals surface area contributed by atoms with Gasteiger partial charge in [-0.1, -0.05) is 42.5 Å². The maximum atomic E-state index is 5.83. The molecule has 3 rings (SSSR count). The summed E-state index contributed by atoms with van der Waals surface area (Å²) in [5, 5.41) is 0. The quantitative estimate of drug-likeness (QED) is 0.604. The molecule has 0 amide bonds. The van der Waals surface area contributed by atoms with E-state index >= 15 is 0 Å². The van der Waals surface area contributed by atoms with Crippen molar-refractivity contribution in [1.82, 2.24) is 0 Å². The molecule has 0 fully saturated rings. The first kappa shape index (κ1) is 12.1. The van der Waals surface area contributed by atoms with Crippen LogP contribution >= 0.6 is 22.9 Å². The summed E-state index contributed by atoms with van der Waals surface area (Å²) in [6, 6.07) is 15.2. The summed E-state index contributed by atoms with van der Waals surface area (Å²) in [6.45, 7) is 0. The van der Waals surface area contributed by atoms with Gasteiger partial charge in [0, 0.05) is 0 Å². The third-order valence-electron chi connectivity index (χ3n) is 3.58. The summed E-state index contributed by atoms with van der Waals surface area (Å²) in [7, 11) is 0. The molecule has 1 aliphatic rings. The van der Waals surface area contributed by atoms with Crippen molar-refractivity contribution >= 4 is 28.5 Å². The zero-order chi connectivity index (χ0) is 12.5. The van der Waals surface area contributed by atoms with E-state index < -0.39 is 0 Å². The van der Waals surface area contributed by atoms with Crippen molar-refractivity contribution in [2.24, 2.45) is 0 Å². The highest BCUT2D eigenvalue weighted by Crippen LogP contribution is 2.38. The first-order valence-corrected chi connectivity index (χ1v) is 7.10. The third-order valence-corrected chi connectivity index (χ3v) is 4.02. The normalized spacial score (nSPS) is 12.1. The molecule has 0 aliphatic heterocycles. The SMILES string of the molecule is ClB(Cl)CCc1cccc2c1Cc1ccccc1-2. The fraction of sp³-hybridized carbons (Fsp3) is 0.200. The van der Waals surface area contributed by atoms with E-state index in [1.54, 1.807) is 0 Å². The number of halogens is 2. The smallest absolute Gasteiger partial charge is 0.172 e. The Kier molecular flexibility index (Phi) is 3.36. The fourth-order valence-corrected chi connectivity index (χ4v) is 2.94. The van der Waals surface area contributed by atoms with Crippen LogP contribution in [0.5, 0.6) is 0 Å². The second-order valence-corrected chi connectivity index (χ2v) is 5.98. The van der Waals surface area contributed by atoms with E-state index in [2.05, 4.69) is 42.5 Å². The molecule has 0 N–H and O–H groups in total. The first-order chi connectivity index (χ1) is 8.75. The molecule has 0 aromatic heterocycles. The van der Waals surface area contributed by atoms with Crippen molar-refractivity contribution in [2.45, 2.75) is 19.2 Å². The molecule has 90 valence electrons. The summed E-state index contributed by atoms with van der Waals surface area (Å²) >= 11 is 11.7. The maximum absolute atomic E-state index is 5.83. The molecule has 2 aromatic rings. The van der Waals surface area contributed by atoms with Crippen LogP contribution in [0.3, 0.4) is 0 Å². The van der Waals surface area contributed by atoms with E-state index in [4.69, 9.17) is 22.9 Å². The molecule has 0 bridgehead atoms. The summed E-state index contributed by atoms with van der Waals surface area (Å²) < 4.78 is 0. The lowest BCUT2D eigenvalue weighted by atomic mass is 9.90. The number of rotatable bonds is 3. The van der Waals surface area contributed by atoms with Gasteiger partial charge in [-0.2, -0.15) is 22.9 Å². The minimum Gasteiger partial charge on any atom is -0.172 e. The first-order valence-electron chi connectivity index (χ1n) is 6.23. The summed E-state index contributed by atoms with van der Waals surface area (Å²) in [5.41, 5.74) is 6.74. The second kappa shape index (κ2) is 4.99. The van der Waals surface area contributed by atoms with E-state index in [0.29, 0.717) is 0 Å². The molecule has 2 aromatic carbocycles. The van der Waals surface area contributed by atoms with Crippen molar-refractivity contribution in [2.75, 3.05) is 0 Å². The van der Waals surface area contributed by atoms with Gasteiger partial charge in [-0.25, -0.2) is 0 Å². The summed E-state index contributed by atoms with van der Waals surface area (Å²) in [6.07, 6.45) is 2.81. The van der Waals surface area contributed by atoms with Crippen LogP contribution in [0.4, 0.5) is 0 Å². The lowest BCUT2D eigenvalue weighted by molar-refractivity contribution is 1.08. The molecule has 0 unspecified atom stereocenters. The standard InChI is InChI=1S/C15H13BCl2/c17-16(18)9-8-11-5-3-7-14-13-6-2-1-4-12(13)10-15(11)14/h1-7H,8-10H2. The Labute approximate surface area is 118 Å². The highest BCUT2D eigenvalue weighted by atomic mass is 35.5. The third kappa shape index (κ3) is 2.18. The number of aryl methyl sites for hydroxylation is 1. The molecule has 0 heterocycles. The van der Waals surface area contributed by atoms with Crippen LogP contribution in [-0.2, 0) is 12.8 Å². The van der Waals surface area contributed by atoms with E-state index in [-0.39, 0.29) is 5.54 Å². The molecular formula is C15H13BCl2. The Bertz CT molecular complexity index is 578. The van der Waals surface area contributed by atoms with Crippen LogP contribution < -0.4 is 0 Å². The highest BCUT2D eigenvalue weighted by Gasteiger charge is 2.20. The van der Waals surface area contributed by atoms with Gasteiger partial charge in [0.2, 0.25) is 0 Å². The minimum atomic E-state index is -0.273. The lowest BCUT2D eigenvalue weighted by Gasteiger charge is -2.08. The zero-order valence-electron chi connectivity index (χ0n) is 10.00. The van der Waals surface area contributed by atoms with Crippen molar-refractivity contribution in [3.8, 4) is 11.1 Å². The predicted octanol–water partition coefficient (Wildman–Crippen LogP) is 4.77. The fourth-order valence-electron chi connectivity index (χ4n) is 2.72. The van der Waals surface area contributed by atoms with E-state index in [1.165, 1.54) is 27.8 Å². The van der Waals surface area contributed by atoms with Gasteiger partial charge >= 0.3 is 5.54 Å². The molecule has 3 heteroatoms. The van der Waals surface area contributed by atoms with Gasteiger partial charge < -0.3 is 0 Å². The van der Waals surface area contributed by atoms with Gasteiger partial charge in [0.25, 0.3) is 0 Å². The monoisotopic (exact) mass is 274 g/mol. The zero-order valence-corrected chi connectivity index (χ0v) is 11.5. The van der Waals surface area contributed by atoms with Crippen molar-refractivity contribution < 1.29 is 0 Å². The minimum absolute atomic E-state index is 0.273. The van der Waals surface area contributed by atoms with Gasteiger partial charge in [0.1, 0.15) is 0 Å². The summed E-state index contributed by atoms with van der Waals surface area (Å²) in [5.74, 6) is 0. The molecular weight excluding hydrogens is 262 g/mol. The molecule has 0 spiro atoms. The van der Waals surface area contributed by atoms with Gasteiger partial charge in [0.05, 0.1) is 0 Å². The van der Waals surface area contributed by atoms with Crippen LogP contribution in [0.1, 0.15) is 16.7 Å². The Morgan fingerprint density at radius 2 is 1.72 bits per heavy atom. The van der Waals surface area contributed by atoms with Crippen LogP contribution in [0.2, 0.25) is 6.32 Å². The number of benzene rings is 2. The molecule has 0 nitrogen and oxygen atoms in total.